The fourth-order valence-electron chi connectivity index (χ4n) is 4.15. The Morgan fingerprint density at radius 1 is 1.11 bits per heavy atom. The summed E-state index contributed by atoms with van der Waals surface area (Å²) in [6, 6.07) is 16.3. The number of hydrogen-bond acceptors (Lipinski definition) is 3. The van der Waals surface area contributed by atoms with Gasteiger partial charge in [0.2, 0.25) is 0 Å². The van der Waals surface area contributed by atoms with Crippen molar-refractivity contribution in [3.8, 4) is 5.75 Å². The van der Waals surface area contributed by atoms with Crippen LogP contribution in [0.25, 0.3) is 5.57 Å². The van der Waals surface area contributed by atoms with Gasteiger partial charge >= 0.3 is 0 Å². The van der Waals surface area contributed by atoms with Crippen LogP contribution in [0.4, 0.5) is 0 Å². The summed E-state index contributed by atoms with van der Waals surface area (Å²) >= 11 is 0. The van der Waals surface area contributed by atoms with Crippen molar-refractivity contribution in [2.24, 2.45) is 0 Å². The molecule has 2 aromatic carbocycles. The SMILES string of the molecule is CCCN(C)C(=O)c1ccc(C2=CC3(CCNCC3)Oc3ccccc32)cc1. The summed E-state index contributed by atoms with van der Waals surface area (Å²) in [5, 5.41) is 3.42. The van der Waals surface area contributed by atoms with E-state index >= 15 is 0 Å². The molecule has 28 heavy (non-hydrogen) atoms. The van der Waals surface area contributed by atoms with Gasteiger partial charge in [0.1, 0.15) is 11.4 Å². The smallest absolute Gasteiger partial charge is 0.253 e. The summed E-state index contributed by atoms with van der Waals surface area (Å²) in [5.74, 6) is 1.02. The lowest BCUT2D eigenvalue weighted by atomic mass is 9.83. The molecular formula is C24H28N2O2. The summed E-state index contributed by atoms with van der Waals surface area (Å²) < 4.78 is 6.46. The van der Waals surface area contributed by atoms with Crippen LogP contribution in [0.15, 0.2) is 54.6 Å². The van der Waals surface area contributed by atoms with Crippen LogP contribution in [-0.2, 0) is 0 Å². The van der Waals surface area contributed by atoms with Gasteiger partial charge in [-0.2, -0.15) is 0 Å². The van der Waals surface area contributed by atoms with Crippen molar-refractivity contribution in [3.05, 3.63) is 71.3 Å². The Hall–Kier alpha value is -2.59. The summed E-state index contributed by atoms with van der Waals surface area (Å²) in [7, 11) is 1.86. The van der Waals surface area contributed by atoms with Crippen molar-refractivity contribution in [3.63, 3.8) is 0 Å². The molecule has 1 amide bonds. The number of nitrogens with one attached hydrogen (secondary N) is 1. The second-order valence-electron chi connectivity index (χ2n) is 7.78. The number of carbonyl (C=O) groups is 1. The molecule has 0 aromatic heterocycles. The van der Waals surface area contributed by atoms with Gasteiger partial charge in [-0.25, -0.2) is 0 Å². The lowest BCUT2D eigenvalue weighted by molar-refractivity contribution is 0.0794. The average Bonchev–Trinajstić information content (AvgIpc) is 2.73. The maximum absolute atomic E-state index is 12.5. The highest BCUT2D eigenvalue weighted by Gasteiger charge is 2.36. The maximum Gasteiger partial charge on any atom is 0.253 e. The molecule has 2 aliphatic rings. The molecule has 0 unspecified atom stereocenters. The molecule has 0 bridgehead atoms. The highest BCUT2D eigenvalue weighted by molar-refractivity contribution is 5.95. The third kappa shape index (κ3) is 3.57. The van der Waals surface area contributed by atoms with E-state index in [0.717, 1.165) is 61.3 Å². The van der Waals surface area contributed by atoms with E-state index in [1.54, 1.807) is 4.90 Å². The van der Waals surface area contributed by atoms with Crippen LogP contribution in [-0.4, -0.2) is 43.1 Å². The number of amides is 1. The fraction of sp³-hybridized carbons (Fsp3) is 0.375. The molecule has 4 rings (SSSR count). The number of hydrogen-bond donors (Lipinski definition) is 1. The maximum atomic E-state index is 12.5. The minimum Gasteiger partial charge on any atom is -0.482 e. The third-order valence-electron chi connectivity index (χ3n) is 5.70. The van der Waals surface area contributed by atoms with Crippen LogP contribution in [0, 0.1) is 0 Å². The van der Waals surface area contributed by atoms with Crippen LogP contribution in [0.3, 0.4) is 0 Å². The number of carbonyl (C=O) groups excluding carboxylic acids is 1. The third-order valence-corrected chi connectivity index (χ3v) is 5.70. The van der Waals surface area contributed by atoms with E-state index in [2.05, 4.69) is 42.6 Å². The predicted octanol–water partition coefficient (Wildman–Crippen LogP) is 4.11. The van der Waals surface area contributed by atoms with Gasteiger partial charge in [-0.3, -0.25) is 4.79 Å². The second kappa shape index (κ2) is 7.80. The lowest BCUT2D eigenvalue weighted by Gasteiger charge is -2.40. The molecule has 2 aromatic rings. The summed E-state index contributed by atoms with van der Waals surface area (Å²) in [5.41, 5.74) is 3.93. The average molecular weight is 377 g/mol. The van der Waals surface area contributed by atoms with E-state index in [1.807, 2.05) is 31.3 Å². The first-order valence-corrected chi connectivity index (χ1v) is 10.2. The quantitative estimate of drug-likeness (QED) is 0.873. The zero-order valence-electron chi connectivity index (χ0n) is 16.7. The minimum atomic E-state index is -0.245. The second-order valence-corrected chi connectivity index (χ2v) is 7.78. The van der Waals surface area contributed by atoms with Crippen molar-refractivity contribution in [2.45, 2.75) is 31.8 Å². The first kappa shape index (κ1) is 18.8. The number of nitrogens with zero attached hydrogens (tertiary/aromatic N) is 1. The molecule has 1 saturated heterocycles. The van der Waals surface area contributed by atoms with Gasteiger partial charge in [-0.05, 0) is 54.9 Å². The van der Waals surface area contributed by atoms with Crippen LogP contribution >= 0.6 is 0 Å². The Kier molecular flexibility index (Phi) is 5.23. The Morgan fingerprint density at radius 3 is 2.54 bits per heavy atom. The van der Waals surface area contributed by atoms with E-state index in [1.165, 1.54) is 5.57 Å². The van der Waals surface area contributed by atoms with E-state index in [0.29, 0.717) is 0 Å². The van der Waals surface area contributed by atoms with Gasteiger partial charge in [0.05, 0.1) is 0 Å². The molecule has 1 N–H and O–H groups in total. The molecular weight excluding hydrogens is 348 g/mol. The normalized spacial score (nSPS) is 17.4. The molecule has 1 spiro atoms. The van der Waals surface area contributed by atoms with Crippen molar-refractivity contribution in [2.75, 3.05) is 26.7 Å². The van der Waals surface area contributed by atoms with Crippen molar-refractivity contribution in [1.29, 1.82) is 0 Å². The molecule has 2 heterocycles. The van der Waals surface area contributed by atoms with E-state index in [4.69, 9.17) is 4.74 Å². The Bertz CT molecular complexity index is 880. The minimum absolute atomic E-state index is 0.0737. The Labute approximate surface area is 167 Å². The van der Waals surface area contributed by atoms with Crippen molar-refractivity contribution in [1.82, 2.24) is 10.2 Å². The highest BCUT2D eigenvalue weighted by atomic mass is 16.5. The Morgan fingerprint density at radius 2 is 1.82 bits per heavy atom. The number of rotatable bonds is 4. The summed E-state index contributed by atoms with van der Waals surface area (Å²) in [4.78, 5) is 14.3. The monoisotopic (exact) mass is 376 g/mol. The van der Waals surface area contributed by atoms with Crippen LogP contribution in [0.5, 0.6) is 5.75 Å². The zero-order chi connectivity index (χ0) is 19.6. The predicted molar refractivity (Wildman–Crippen MR) is 113 cm³/mol. The number of piperidine rings is 1. The standard InChI is InChI=1S/C24H28N2O2/c1-3-16-26(2)23(27)19-10-8-18(9-11-19)21-17-24(12-14-25-15-13-24)28-22-7-5-4-6-20(21)22/h4-11,17,25H,3,12-16H2,1-2H3. The number of para-hydroxylation sites is 1. The molecule has 4 nitrogen and oxygen atoms in total. The van der Waals surface area contributed by atoms with Gasteiger partial charge in [0.25, 0.3) is 5.91 Å². The highest BCUT2D eigenvalue weighted by Crippen LogP contribution is 2.42. The Balaban J connectivity index is 1.69. The number of benzene rings is 2. The topological polar surface area (TPSA) is 41.6 Å². The van der Waals surface area contributed by atoms with E-state index in [-0.39, 0.29) is 11.5 Å². The summed E-state index contributed by atoms with van der Waals surface area (Å²) in [6.45, 7) is 4.78. The number of fused-ring (bicyclic) bond motifs is 1. The van der Waals surface area contributed by atoms with Gasteiger partial charge in [-0.15, -0.1) is 0 Å². The fourth-order valence-corrected chi connectivity index (χ4v) is 4.15. The van der Waals surface area contributed by atoms with E-state index in [9.17, 15) is 4.79 Å². The van der Waals surface area contributed by atoms with Crippen molar-refractivity contribution < 1.29 is 9.53 Å². The van der Waals surface area contributed by atoms with Crippen LogP contribution < -0.4 is 10.1 Å². The largest absolute Gasteiger partial charge is 0.482 e. The van der Waals surface area contributed by atoms with Gasteiger partial charge in [-0.1, -0.05) is 37.3 Å². The molecule has 1 fully saturated rings. The van der Waals surface area contributed by atoms with Gasteiger partial charge < -0.3 is 15.0 Å². The molecule has 0 radical (unpaired) electrons. The van der Waals surface area contributed by atoms with Gasteiger partial charge in [0, 0.05) is 37.6 Å². The molecule has 0 aliphatic carbocycles. The van der Waals surface area contributed by atoms with Crippen LogP contribution in [0.2, 0.25) is 0 Å². The molecule has 2 aliphatic heterocycles. The molecule has 0 saturated carbocycles. The van der Waals surface area contributed by atoms with Crippen LogP contribution in [0.1, 0.15) is 47.7 Å². The molecule has 146 valence electrons. The summed E-state index contributed by atoms with van der Waals surface area (Å²) in [6.07, 6.45) is 5.18. The van der Waals surface area contributed by atoms with Gasteiger partial charge in [0.15, 0.2) is 0 Å². The number of ether oxygens (including phenoxy) is 1. The molecule has 4 heteroatoms. The first-order chi connectivity index (χ1) is 13.6. The zero-order valence-corrected chi connectivity index (χ0v) is 16.7. The molecule has 0 atom stereocenters. The lowest BCUT2D eigenvalue weighted by Crippen LogP contribution is -2.46. The van der Waals surface area contributed by atoms with Crippen molar-refractivity contribution >= 4 is 11.5 Å². The first-order valence-electron chi connectivity index (χ1n) is 10.2. The van der Waals surface area contributed by atoms with E-state index < -0.39 is 0 Å².